The number of carbonyl (C=O) groups is 1. The zero-order valence-corrected chi connectivity index (χ0v) is 13.1. The maximum absolute atomic E-state index is 11.4. The molecule has 0 aliphatic heterocycles. The Morgan fingerprint density at radius 1 is 1.00 bits per heavy atom. The molecule has 5 atom stereocenters. The molecule has 4 heteroatoms. The molecular weight excluding hydrogens is 244 g/mol. The number of aliphatic hydroxyl groups excluding tert-OH is 2. The Morgan fingerprint density at radius 3 is 1.89 bits per heavy atom. The Kier molecular flexibility index (Phi) is 8.26. The van der Waals surface area contributed by atoms with Crippen molar-refractivity contribution in [2.75, 3.05) is 0 Å². The lowest BCUT2D eigenvalue weighted by molar-refractivity contribution is -0.155. The summed E-state index contributed by atoms with van der Waals surface area (Å²) in [6.07, 6.45) is -0.550. The van der Waals surface area contributed by atoms with Gasteiger partial charge in [-0.25, -0.2) is 0 Å². The molecule has 0 aromatic heterocycles. The molecule has 0 unspecified atom stereocenters. The predicted octanol–water partition coefficient (Wildman–Crippen LogP) is 2.37. The van der Waals surface area contributed by atoms with Gasteiger partial charge in [-0.1, -0.05) is 41.5 Å². The molecule has 0 heterocycles. The Balaban J connectivity index is 4.66. The van der Waals surface area contributed by atoms with Crippen LogP contribution in [0.4, 0.5) is 0 Å². The van der Waals surface area contributed by atoms with Gasteiger partial charge in [-0.15, -0.1) is 0 Å². The third-order valence-corrected chi connectivity index (χ3v) is 3.86. The van der Waals surface area contributed by atoms with Crippen LogP contribution in [0.2, 0.25) is 0 Å². The van der Waals surface area contributed by atoms with Crippen molar-refractivity contribution in [2.45, 2.75) is 72.7 Å². The number of aliphatic hydroxyl groups is 2. The smallest absolute Gasteiger partial charge is 0.305 e. The molecule has 0 bridgehead atoms. The lowest BCUT2D eigenvalue weighted by Crippen LogP contribution is -2.42. The fraction of sp³-hybridized carbons (Fsp3) is 0.933. The second-order valence-electron chi connectivity index (χ2n) is 5.73. The zero-order chi connectivity index (χ0) is 15.2. The van der Waals surface area contributed by atoms with Gasteiger partial charge in [-0.05, 0) is 12.3 Å². The third kappa shape index (κ3) is 5.49. The Morgan fingerprint density at radius 2 is 1.53 bits per heavy atom. The van der Waals surface area contributed by atoms with Crippen molar-refractivity contribution < 1.29 is 19.7 Å². The Labute approximate surface area is 117 Å². The first-order chi connectivity index (χ1) is 8.76. The molecule has 4 nitrogen and oxygen atoms in total. The number of ether oxygens (including phenoxy) is 1. The van der Waals surface area contributed by atoms with E-state index in [0.717, 1.165) is 0 Å². The van der Waals surface area contributed by atoms with E-state index in [1.807, 2.05) is 34.6 Å². The van der Waals surface area contributed by atoms with Crippen molar-refractivity contribution in [1.82, 2.24) is 0 Å². The number of carbonyl (C=O) groups excluding carboxylic acids is 1. The van der Waals surface area contributed by atoms with E-state index in [0.29, 0.717) is 12.8 Å². The van der Waals surface area contributed by atoms with Crippen molar-refractivity contribution >= 4 is 5.97 Å². The van der Waals surface area contributed by atoms with E-state index in [1.165, 1.54) is 0 Å². The summed E-state index contributed by atoms with van der Waals surface area (Å²) < 4.78 is 5.34. The molecule has 0 aromatic rings. The van der Waals surface area contributed by atoms with E-state index in [2.05, 4.69) is 0 Å². The highest BCUT2D eigenvalue weighted by molar-refractivity contribution is 5.69. The van der Waals surface area contributed by atoms with Crippen molar-refractivity contribution in [3.05, 3.63) is 0 Å². The van der Waals surface area contributed by atoms with Gasteiger partial charge >= 0.3 is 5.97 Å². The molecular formula is C15H30O4. The maximum Gasteiger partial charge on any atom is 0.305 e. The van der Waals surface area contributed by atoms with Crippen LogP contribution in [0.1, 0.15) is 54.4 Å². The topological polar surface area (TPSA) is 66.8 Å². The number of esters is 1. The summed E-state index contributed by atoms with van der Waals surface area (Å²) in [4.78, 5) is 11.4. The van der Waals surface area contributed by atoms with Gasteiger partial charge < -0.3 is 14.9 Å². The van der Waals surface area contributed by atoms with Crippen molar-refractivity contribution in [1.29, 1.82) is 0 Å². The van der Waals surface area contributed by atoms with Crippen molar-refractivity contribution in [2.24, 2.45) is 17.8 Å². The molecule has 0 saturated heterocycles. The van der Waals surface area contributed by atoms with Gasteiger partial charge in [0.15, 0.2) is 0 Å². The minimum Gasteiger partial charge on any atom is -0.462 e. The lowest BCUT2D eigenvalue weighted by Gasteiger charge is -2.33. The molecule has 0 aromatic carbocycles. The summed E-state index contributed by atoms with van der Waals surface area (Å²) in [7, 11) is 0. The molecule has 2 N–H and O–H groups in total. The molecule has 0 radical (unpaired) electrons. The van der Waals surface area contributed by atoms with E-state index in [-0.39, 0.29) is 29.8 Å². The van der Waals surface area contributed by atoms with Gasteiger partial charge in [0.1, 0.15) is 6.10 Å². The van der Waals surface area contributed by atoms with Crippen LogP contribution >= 0.6 is 0 Å². The molecule has 0 aliphatic rings. The van der Waals surface area contributed by atoms with Crippen LogP contribution in [0.5, 0.6) is 0 Å². The van der Waals surface area contributed by atoms with Crippen molar-refractivity contribution in [3.8, 4) is 0 Å². The summed E-state index contributed by atoms with van der Waals surface area (Å²) in [5, 5.41) is 20.4. The summed E-state index contributed by atoms with van der Waals surface area (Å²) >= 11 is 0. The van der Waals surface area contributed by atoms with Crippen LogP contribution in [-0.2, 0) is 9.53 Å². The van der Waals surface area contributed by atoms with Gasteiger partial charge in [0.05, 0.1) is 12.2 Å². The first-order valence-corrected chi connectivity index (χ1v) is 7.31. The zero-order valence-electron chi connectivity index (χ0n) is 13.1. The number of hydrogen-bond acceptors (Lipinski definition) is 4. The summed E-state index contributed by atoms with van der Waals surface area (Å²) in [5.41, 5.74) is 0. The largest absolute Gasteiger partial charge is 0.462 e. The highest BCUT2D eigenvalue weighted by Crippen LogP contribution is 2.25. The van der Waals surface area contributed by atoms with Gasteiger partial charge in [-0.3, -0.25) is 4.79 Å². The number of hydrogen-bond donors (Lipinski definition) is 2. The van der Waals surface area contributed by atoms with E-state index < -0.39 is 12.2 Å². The predicted molar refractivity (Wildman–Crippen MR) is 75.6 cm³/mol. The molecule has 0 rings (SSSR count). The summed E-state index contributed by atoms with van der Waals surface area (Å²) in [6.45, 7) is 11.2. The van der Waals surface area contributed by atoms with Crippen LogP contribution in [0, 0.1) is 17.8 Å². The van der Waals surface area contributed by atoms with Crippen LogP contribution in [-0.4, -0.2) is 34.5 Å². The summed E-state index contributed by atoms with van der Waals surface area (Å²) in [5.74, 6) is -0.591. The van der Waals surface area contributed by atoms with Gasteiger partial charge in [0.25, 0.3) is 0 Å². The Bertz CT molecular complexity index is 265. The molecule has 0 aliphatic carbocycles. The average molecular weight is 274 g/mol. The second-order valence-corrected chi connectivity index (χ2v) is 5.73. The van der Waals surface area contributed by atoms with E-state index in [4.69, 9.17) is 4.74 Å². The van der Waals surface area contributed by atoms with E-state index >= 15 is 0 Å². The second kappa shape index (κ2) is 8.54. The third-order valence-electron chi connectivity index (χ3n) is 3.86. The number of rotatable bonds is 8. The molecule has 114 valence electrons. The highest BCUT2D eigenvalue weighted by atomic mass is 16.5. The molecule has 0 fully saturated rings. The van der Waals surface area contributed by atoms with Gasteiger partial charge in [0.2, 0.25) is 0 Å². The minimum atomic E-state index is -0.688. The molecule has 0 spiro atoms. The minimum absolute atomic E-state index is 0.0927. The lowest BCUT2D eigenvalue weighted by atomic mass is 9.82. The first-order valence-electron chi connectivity index (χ1n) is 7.31. The molecule has 0 saturated carbocycles. The molecule has 0 amide bonds. The quantitative estimate of drug-likeness (QED) is 0.667. The monoisotopic (exact) mass is 274 g/mol. The van der Waals surface area contributed by atoms with Crippen molar-refractivity contribution in [3.63, 3.8) is 0 Å². The van der Waals surface area contributed by atoms with Crippen LogP contribution in [0.25, 0.3) is 0 Å². The average Bonchev–Trinajstić information content (AvgIpc) is 2.40. The standard InChI is InChI=1S/C15H30O4/c1-7-12(19-13(16)8-2)10(5)15(18)11(6)14(17)9(3)4/h9-12,14-15,17-18H,7-8H2,1-6H3/t10-,11-,12-,14-,15+/m1/s1. The fourth-order valence-electron chi connectivity index (χ4n) is 2.32. The van der Waals surface area contributed by atoms with Crippen LogP contribution in [0.3, 0.4) is 0 Å². The van der Waals surface area contributed by atoms with Gasteiger partial charge in [-0.2, -0.15) is 0 Å². The van der Waals surface area contributed by atoms with Crippen LogP contribution in [0.15, 0.2) is 0 Å². The van der Waals surface area contributed by atoms with Gasteiger partial charge in [0, 0.05) is 18.3 Å². The highest BCUT2D eigenvalue weighted by Gasteiger charge is 2.33. The Hall–Kier alpha value is -0.610. The van der Waals surface area contributed by atoms with E-state index in [1.54, 1.807) is 6.92 Å². The fourth-order valence-corrected chi connectivity index (χ4v) is 2.32. The van der Waals surface area contributed by atoms with E-state index in [9.17, 15) is 15.0 Å². The van der Waals surface area contributed by atoms with Crippen LogP contribution < -0.4 is 0 Å². The maximum atomic E-state index is 11.4. The SMILES string of the molecule is CCC(=O)O[C@H](CC)[C@@H](C)[C@H](O)[C@H](C)[C@H](O)C(C)C. The summed E-state index contributed by atoms with van der Waals surface area (Å²) in [6, 6.07) is 0. The first kappa shape index (κ1) is 18.4. The normalized spacial score (nSPS) is 19.6. The molecule has 19 heavy (non-hydrogen) atoms.